The van der Waals surface area contributed by atoms with Gasteiger partial charge >= 0.3 is 12.1 Å². The van der Waals surface area contributed by atoms with Crippen LogP contribution in [-0.2, 0) is 15.7 Å². The average molecular weight is 411 g/mol. The van der Waals surface area contributed by atoms with E-state index in [0.717, 1.165) is 31.4 Å². The number of nitrogens with zero attached hydrogens (tertiary/aromatic N) is 2. The summed E-state index contributed by atoms with van der Waals surface area (Å²) in [6.07, 6.45) is -1.52. The number of anilines is 1. The molecule has 0 unspecified atom stereocenters. The number of carbonyl (C=O) groups excluding carboxylic acids is 1. The highest BCUT2D eigenvalue weighted by Crippen LogP contribution is 2.52. The predicted octanol–water partition coefficient (Wildman–Crippen LogP) is 4.89. The van der Waals surface area contributed by atoms with Gasteiger partial charge in [-0.15, -0.1) is 5.10 Å². The normalized spacial score (nSPS) is 26.4. The van der Waals surface area contributed by atoms with Gasteiger partial charge in [0.1, 0.15) is 0 Å². The number of halogens is 3. The van der Waals surface area contributed by atoms with Crippen LogP contribution in [0.25, 0.3) is 0 Å². The van der Waals surface area contributed by atoms with Crippen molar-refractivity contribution in [3.8, 4) is 0 Å². The third kappa shape index (κ3) is 4.85. The minimum atomic E-state index is -4.45. The lowest BCUT2D eigenvalue weighted by Gasteiger charge is -2.39. The summed E-state index contributed by atoms with van der Waals surface area (Å²) >= 11 is 0. The van der Waals surface area contributed by atoms with Crippen molar-refractivity contribution in [1.82, 2.24) is 4.90 Å². The van der Waals surface area contributed by atoms with Crippen LogP contribution in [0.1, 0.15) is 52.5 Å². The summed E-state index contributed by atoms with van der Waals surface area (Å²) in [6.45, 7) is 9.24. The van der Waals surface area contributed by atoms with Crippen molar-refractivity contribution in [2.75, 3.05) is 18.6 Å². The number of nitrogens with one attached hydrogen (secondary N) is 1. The Hall–Kier alpha value is -2.25. The highest BCUT2D eigenvalue weighted by atomic mass is 19.4. The molecule has 2 bridgehead atoms. The Kier molecular flexibility index (Phi) is 5.58. The first-order chi connectivity index (χ1) is 13.4. The molecule has 1 saturated carbocycles. The van der Waals surface area contributed by atoms with Crippen LogP contribution in [0.2, 0.25) is 0 Å². The molecule has 29 heavy (non-hydrogen) atoms. The SMILES string of the molecule is CCOC(=O)/C(=N\Nc1cccc(C(F)(F)F)c1)N1C[C@@]2(C)C[C@H]1CC(C)(C)C2. The molecule has 0 radical (unpaired) electrons. The van der Waals surface area contributed by atoms with E-state index in [1.807, 2.05) is 4.90 Å². The average Bonchev–Trinajstić information content (AvgIpc) is 2.83. The number of ether oxygens (including phenoxy) is 1. The molecule has 0 aromatic heterocycles. The summed E-state index contributed by atoms with van der Waals surface area (Å²) in [7, 11) is 0. The molecule has 8 heteroatoms. The first kappa shape index (κ1) is 21.5. The lowest BCUT2D eigenvalue weighted by molar-refractivity contribution is -0.138. The van der Waals surface area contributed by atoms with Crippen molar-refractivity contribution in [2.24, 2.45) is 15.9 Å². The van der Waals surface area contributed by atoms with Gasteiger partial charge in [-0.3, -0.25) is 5.43 Å². The maximum Gasteiger partial charge on any atom is 0.416 e. The first-order valence-corrected chi connectivity index (χ1v) is 9.87. The Balaban J connectivity index is 1.88. The molecule has 2 fully saturated rings. The smallest absolute Gasteiger partial charge is 0.416 e. The van der Waals surface area contributed by atoms with E-state index >= 15 is 0 Å². The van der Waals surface area contributed by atoms with E-state index in [1.54, 1.807) is 6.92 Å². The Morgan fingerprint density at radius 1 is 1.31 bits per heavy atom. The van der Waals surface area contributed by atoms with Gasteiger partial charge in [0.25, 0.3) is 0 Å². The summed E-state index contributed by atoms with van der Waals surface area (Å²) in [5.41, 5.74) is 2.24. The van der Waals surface area contributed by atoms with Gasteiger partial charge in [0.2, 0.25) is 5.84 Å². The predicted molar refractivity (Wildman–Crippen MR) is 105 cm³/mol. The zero-order valence-electron chi connectivity index (χ0n) is 17.3. The number of alkyl halides is 3. The largest absolute Gasteiger partial charge is 0.460 e. The molecule has 3 rings (SSSR count). The molecule has 0 spiro atoms. The van der Waals surface area contributed by atoms with E-state index in [4.69, 9.17) is 4.74 Å². The standard InChI is InChI=1S/C21H28F3N3O2/c1-5-29-18(28)17(26-25-15-8-6-7-14(9-15)21(22,23)24)27-13-20(4)11-16(27)10-19(2,3)12-20/h6-9,16,25H,5,10-13H2,1-4H3/b26-17+/t16-,20+/m1/s1. The van der Waals surface area contributed by atoms with E-state index in [0.29, 0.717) is 6.54 Å². The fourth-order valence-electron chi connectivity index (χ4n) is 5.01. The summed E-state index contributed by atoms with van der Waals surface area (Å²) in [5.74, 6) is -0.448. The highest BCUT2D eigenvalue weighted by Gasteiger charge is 2.51. The van der Waals surface area contributed by atoms with Crippen molar-refractivity contribution in [3.63, 3.8) is 0 Å². The summed E-state index contributed by atoms with van der Waals surface area (Å²) in [6, 6.07) is 4.90. The number of carbonyl (C=O) groups is 1. The van der Waals surface area contributed by atoms with E-state index in [2.05, 4.69) is 31.3 Å². The van der Waals surface area contributed by atoms with Gasteiger partial charge < -0.3 is 9.64 Å². The lowest BCUT2D eigenvalue weighted by Crippen LogP contribution is -2.42. The minimum absolute atomic E-state index is 0.0654. The summed E-state index contributed by atoms with van der Waals surface area (Å²) in [4.78, 5) is 14.6. The number of hydrazone groups is 1. The van der Waals surface area contributed by atoms with Gasteiger partial charge in [-0.25, -0.2) is 4.79 Å². The molecule has 2 atom stereocenters. The van der Waals surface area contributed by atoms with Crippen molar-refractivity contribution >= 4 is 17.5 Å². The van der Waals surface area contributed by atoms with Crippen LogP contribution < -0.4 is 5.43 Å². The molecule has 1 heterocycles. The number of benzene rings is 1. The van der Waals surface area contributed by atoms with E-state index in [1.165, 1.54) is 12.1 Å². The van der Waals surface area contributed by atoms with Crippen molar-refractivity contribution in [2.45, 2.75) is 59.2 Å². The second-order valence-corrected chi connectivity index (χ2v) is 9.19. The Morgan fingerprint density at radius 2 is 2.03 bits per heavy atom. The van der Waals surface area contributed by atoms with Gasteiger partial charge in [-0.05, 0) is 55.2 Å². The van der Waals surface area contributed by atoms with Crippen LogP contribution in [-0.4, -0.2) is 35.9 Å². The van der Waals surface area contributed by atoms with Crippen molar-refractivity contribution in [3.05, 3.63) is 29.8 Å². The minimum Gasteiger partial charge on any atom is -0.460 e. The second-order valence-electron chi connectivity index (χ2n) is 9.19. The van der Waals surface area contributed by atoms with Gasteiger partial charge in [0, 0.05) is 12.6 Å². The molecule has 1 aliphatic heterocycles. The Labute approximate surface area is 169 Å². The quantitative estimate of drug-likeness (QED) is 0.333. The summed E-state index contributed by atoms with van der Waals surface area (Å²) in [5, 5.41) is 4.21. The number of likely N-dealkylation sites (tertiary alicyclic amines) is 1. The molecule has 160 valence electrons. The first-order valence-electron chi connectivity index (χ1n) is 9.87. The Morgan fingerprint density at radius 3 is 2.69 bits per heavy atom. The van der Waals surface area contributed by atoms with Crippen LogP contribution in [0.5, 0.6) is 0 Å². The molecule has 1 aromatic rings. The molecular formula is C21H28F3N3O2. The number of hydrogen-bond donors (Lipinski definition) is 1. The fourth-order valence-corrected chi connectivity index (χ4v) is 5.01. The van der Waals surface area contributed by atoms with Crippen molar-refractivity contribution in [1.29, 1.82) is 0 Å². The molecule has 1 aliphatic carbocycles. The summed E-state index contributed by atoms with van der Waals surface area (Å²) < 4.78 is 44.1. The van der Waals surface area contributed by atoms with E-state index in [9.17, 15) is 18.0 Å². The van der Waals surface area contributed by atoms with Gasteiger partial charge in [-0.2, -0.15) is 13.2 Å². The maximum absolute atomic E-state index is 13.0. The van der Waals surface area contributed by atoms with E-state index in [-0.39, 0.29) is 35.0 Å². The number of rotatable bonds is 3. The maximum atomic E-state index is 13.0. The lowest BCUT2D eigenvalue weighted by atomic mass is 9.65. The van der Waals surface area contributed by atoms with Gasteiger partial charge in [0.05, 0.1) is 17.9 Å². The van der Waals surface area contributed by atoms with Crippen molar-refractivity contribution < 1.29 is 22.7 Å². The van der Waals surface area contributed by atoms with Gasteiger partial charge in [0.15, 0.2) is 0 Å². The zero-order valence-corrected chi connectivity index (χ0v) is 17.3. The van der Waals surface area contributed by atoms with Crippen LogP contribution in [0.3, 0.4) is 0 Å². The zero-order chi connectivity index (χ0) is 21.4. The van der Waals surface area contributed by atoms with E-state index < -0.39 is 17.7 Å². The Bertz CT molecular complexity index is 807. The number of fused-ring (bicyclic) bond motifs is 2. The second kappa shape index (κ2) is 7.54. The van der Waals surface area contributed by atoms with Crippen LogP contribution >= 0.6 is 0 Å². The van der Waals surface area contributed by atoms with Gasteiger partial charge in [-0.1, -0.05) is 26.8 Å². The molecule has 5 nitrogen and oxygen atoms in total. The third-order valence-electron chi connectivity index (χ3n) is 5.63. The fraction of sp³-hybridized carbons (Fsp3) is 0.619. The molecule has 0 amide bonds. The number of hydrogen-bond acceptors (Lipinski definition) is 4. The monoisotopic (exact) mass is 411 g/mol. The molecule has 1 N–H and O–H groups in total. The third-order valence-corrected chi connectivity index (χ3v) is 5.63. The molecule has 1 aromatic carbocycles. The molecular weight excluding hydrogens is 383 g/mol. The molecule has 1 saturated heterocycles. The highest BCUT2D eigenvalue weighted by molar-refractivity contribution is 6.35. The number of esters is 1. The number of amidine groups is 1. The van der Waals surface area contributed by atoms with Crippen LogP contribution in [0.4, 0.5) is 18.9 Å². The molecule has 2 aliphatic rings. The topological polar surface area (TPSA) is 53.9 Å². The van der Waals surface area contributed by atoms with Crippen LogP contribution in [0.15, 0.2) is 29.4 Å². The van der Waals surface area contributed by atoms with Crippen LogP contribution in [0, 0.1) is 10.8 Å².